The fourth-order valence-corrected chi connectivity index (χ4v) is 5.78. The lowest BCUT2D eigenvalue weighted by atomic mass is 9.96. The lowest BCUT2D eigenvalue weighted by Gasteiger charge is -2.31. The summed E-state index contributed by atoms with van der Waals surface area (Å²) in [6.07, 6.45) is 5.44. The first-order chi connectivity index (χ1) is 17.6. The first-order valence-corrected chi connectivity index (χ1v) is 13.5. The minimum atomic E-state index is 0.0574. The van der Waals surface area contributed by atoms with Crippen molar-refractivity contribution in [1.82, 2.24) is 25.3 Å². The smallest absolute Gasteiger partial charge is 0.324 e. The summed E-state index contributed by atoms with van der Waals surface area (Å²) in [7, 11) is 3.87. The Bertz CT molecular complexity index is 980. The molecule has 9 nitrogen and oxygen atoms in total. The summed E-state index contributed by atoms with van der Waals surface area (Å²) in [5, 5.41) is 7.40. The van der Waals surface area contributed by atoms with Crippen LogP contribution in [0, 0.1) is 17.8 Å². The number of benzene rings is 1. The molecule has 1 amide bonds. The minimum Gasteiger partial charge on any atom is -0.497 e. The van der Waals surface area contributed by atoms with E-state index in [1.54, 1.807) is 7.11 Å². The lowest BCUT2D eigenvalue weighted by molar-refractivity contribution is -0.125. The van der Waals surface area contributed by atoms with Gasteiger partial charge in [0, 0.05) is 44.2 Å². The highest BCUT2D eigenvalue weighted by atomic mass is 16.5. The van der Waals surface area contributed by atoms with E-state index in [0.29, 0.717) is 17.8 Å². The molecule has 9 heteroatoms. The second-order valence-corrected chi connectivity index (χ2v) is 10.8. The number of aromatic nitrogens is 2. The van der Waals surface area contributed by atoms with Crippen molar-refractivity contribution in [2.24, 2.45) is 17.8 Å². The van der Waals surface area contributed by atoms with E-state index < -0.39 is 0 Å². The normalized spacial score (nSPS) is 22.7. The predicted molar refractivity (Wildman–Crippen MR) is 139 cm³/mol. The highest BCUT2D eigenvalue weighted by molar-refractivity contribution is 5.79. The Hall–Kier alpha value is -2.65. The summed E-state index contributed by atoms with van der Waals surface area (Å²) in [6.45, 7) is 8.28. The van der Waals surface area contributed by atoms with Crippen molar-refractivity contribution >= 4 is 11.9 Å². The Morgan fingerprint density at radius 3 is 2.47 bits per heavy atom. The maximum atomic E-state index is 12.9. The first kappa shape index (κ1) is 25.0. The number of carbonyl (C=O) groups excluding carboxylic acids is 1. The summed E-state index contributed by atoms with van der Waals surface area (Å²) in [5.74, 6) is 3.03. The van der Waals surface area contributed by atoms with Crippen molar-refractivity contribution in [2.45, 2.75) is 32.1 Å². The SMILES string of the molecule is COc1ccc(-c2noc(N3CCC(C(=O)NC[C@H]4CCN(CC5CCN(C)CC5)C4)CC3)n2)cc1. The van der Waals surface area contributed by atoms with Crippen LogP contribution in [0.25, 0.3) is 11.4 Å². The van der Waals surface area contributed by atoms with E-state index >= 15 is 0 Å². The van der Waals surface area contributed by atoms with Crippen LogP contribution in [-0.2, 0) is 4.79 Å². The summed E-state index contributed by atoms with van der Waals surface area (Å²) in [6, 6.07) is 8.13. The number of hydrogen-bond donors (Lipinski definition) is 1. The molecule has 1 atom stereocenters. The molecular weight excluding hydrogens is 456 g/mol. The molecule has 1 aromatic heterocycles. The Labute approximate surface area is 214 Å². The number of amides is 1. The van der Waals surface area contributed by atoms with E-state index in [-0.39, 0.29) is 11.8 Å². The van der Waals surface area contributed by atoms with Gasteiger partial charge in [0.05, 0.1) is 7.11 Å². The molecule has 4 heterocycles. The molecule has 0 unspecified atom stereocenters. The topological polar surface area (TPSA) is 87.0 Å². The Morgan fingerprint density at radius 2 is 1.75 bits per heavy atom. The van der Waals surface area contributed by atoms with Gasteiger partial charge in [-0.25, -0.2) is 0 Å². The molecule has 0 radical (unpaired) electrons. The summed E-state index contributed by atoms with van der Waals surface area (Å²) in [5.41, 5.74) is 0.886. The molecule has 36 heavy (non-hydrogen) atoms. The Morgan fingerprint density at radius 1 is 1.03 bits per heavy atom. The largest absolute Gasteiger partial charge is 0.497 e. The van der Waals surface area contributed by atoms with Crippen LogP contribution in [0.5, 0.6) is 5.75 Å². The molecule has 3 aliphatic rings. The lowest BCUT2D eigenvalue weighted by Crippen LogP contribution is -2.42. The van der Waals surface area contributed by atoms with Gasteiger partial charge in [0.2, 0.25) is 11.7 Å². The maximum absolute atomic E-state index is 12.9. The van der Waals surface area contributed by atoms with Gasteiger partial charge in [-0.2, -0.15) is 4.98 Å². The Kier molecular flexibility index (Phi) is 8.06. The zero-order valence-electron chi connectivity index (χ0n) is 21.7. The molecule has 1 N–H and O–H groups in total. The highest BCUT2D eigenvalue weighted by Crippen LogP contribution is 2.26. The summed E-state index contributed by atoms with van der Waals surface area (Å²) >= 11 is 0. The van der Waals surface area contributed by atoms with Crippen molar-refractivity contribution in [1.29, 1.82) is 0 Å². The highest BCUT2D eigenvalue weighted by Gasteiger charge is 2.30. The fourth-order valence-electron chi connectivity index (χ4n) is 5.78. The van der Waals surface area contributed by atoms with Gasteiger partial charge in [-0.3, -0.25) is 4.79 Å². The van der Waals surface area contributed by atoms with E-state index in [0.717, 1.165) is 56.3 Å². The average Bonchev–Trinajstić information content (AvgIpc) is 3.59. The minimum absolute atomic E-state index is 0.0574. The van der Waals surface area contributed by atoms with Gasteiger partial charge in [-0.15, -0.1) is 0 Å². The number of hydrogen-bond acceptors (Lipinski definition) is 8. The second-order valence-electron chi connectivity index (χ2n) is 10.8. The van der Waals surface area contributed by atoms with Gasteiger partial charge in [0.15, 0.2) is 0 Å². The standard InChI is InChI=1S/C27H40N6O3/c1-31-12-7-20(8-13-31)18-32-14-9-21(19-32)17-28-26(34)23-10-15-33(16-11-23)27-29-25(30-36-27)22-3-5-24(35-2)6-4-22/h3-6,20-21,23H,7-19H2,1-2H3,(H,28,34)/t21-/m1/s1. The number of methoxy groups -OCH3 is 1. The van der Waals surface area contributed by atoms with Crippen molar-refractivity contribution in [2.75, 3.05) is 71.4 Å². The van der Waals surface area contributed by atoms with Gasteiger partial charge in [0.1, 0.15) is 5.75 Å². The third kappa shape index (κ3) is 6.18. The average molecular weight is 497 g/mol. The van der Waals surface area contributed by atoms with Crippen molar-refractivity contribution in [3.8, 4) is 17.1 Å². The molecule has 1 aromatic carbocycles. The molecule has 196 valence electrons. The van der Waals surface area contributed by atoms with Crippen LogP contribution >= 0.6 is 0 Å². The number of anilines is 1. The molecule has 0 aliphatic carbocycles. The van der Waals surface area contributed by atoms with Gasteiger partial charge in [-0.05, 0) is 94.9 Å². The third-order valence-electron chi connectivity index (χ3n) is 8.19. The van der Waals surface area contributed by atoms with Gasteiger partial charge >= 0.3 is 6.01 Å². The van der Waals surface area contributed by atoms with Crippen molar-refractivity contribution in [3.05, 3.63) is 24.3 Å². The number of likely N-dealkylation sites (tertiary alicyclic amines) is 2. The zero-order valence-corrected chi connectivity index (χ0v) is 21.7. The van der Waals surface area contributed by atoms with Crippen LogP contribution < -0.4 is 15.0 Å². The van der Waals surface area contributed by atoms with Crippen LogP contribution in [0.15, 0.2) is 28.8 Å². The molecule has 0 spiro atoms. The molecule has 3 saturated heterocycles. The molecule has 3 aliphatic heterocycles. The molecule has 0 bridgehead atoms. The molecule has 3 fully saturated rings. The maximum Gasteiger partial charge on any atom is 0.324 e. The quantitative estimate of drug-likeness (QED) is 0.597. The van der Waals surface area contributed by atoms with Gasteiger partial charge in [-0.1, -0.05) is 5.16 Å². The molecule has 0 saturated carbocycles. The van der Waals surface area contributed by atoms with Crippen LogP contribution in [0.2, 0.25) is 0 Å². The van der Waals surface area contributed by atoms with E-state index in [1.807, 2.05) is 24.3 Å². The van der Waals surface area contributed by atoms with Crippen LogP contribution in [0.4, 0.5) is 6.01 Å². The number of nitrogens with zero attached hydrogens (tertiary/aromatic N) is 5. The van der Waals surface area contributed by atoms with Gasteiger partial charge < -0.3 is 29.3 Å². The van der Waals surface area contributed by atoms with E-state index in [9.17, 15) is 4.79 Å². The molecule has 2 aromatic rings. The molecule has 5 rings (SSSR count). The van der Waals surface area contributed by atoms with Crippen LogP contribution in [0.3, 0.4) is 0 Å². The number of nitrogens with one attached hydrogen (secondary N) is 1. The third-order valence-corrected chi connectivity index (χ3v) is 8.19. The Balaban J connectivity index is 1.02. The fraction of sp³-hybridized carbons (Fsp3) is 0.667. The van der Waals surface area contributed by atoms with Crippen molar-refractivity contribution < 1.29 is 14.1 Å². The number of carbonyl (C=O) groups is 1. The zero-order chi connectivity index (χ0) is 24.9. The van der Waals surface area contributed by atoms with E-state index in [2.05, 4.69) is 37.2 Å². The predicted octanol–water partition coefficient (Wildman–Crippen LogP) is 2.74. The van der Waals surface area contributed by atoms with E-state index in [4.69, 9.17) is 9.26 Å². The number of rotatable bonds is 8. The van der Waals surface area contributed by atoms with E-state index in [1.165, 1.54) is 45.4 Å². The summed E-state index contributed by atoms with van der Waals surface area (Å²) < 4.78 is 10.7. The first-order valence-electron chi connectivity index (χ1n) is 13.5. The summed E-state index contributed by atoms with van der Waals surface area (Å²) in [4.78, 5) is 24.6. The van der Waals surface area contributed by atoms with Crippen molar-refractivity contribution in [3.63, 3.8) is 0 Å². The van der Waals surface area contributed by atoms with Crippen LogP contribution in [0.1, 0.15) is 32.1 Å². The monoisotopic (exact) mass is 496 g/mol. The second kappa shape index (κ2) is 11.6. The molecular formula is C27H40N6O3. The number of ether oxygens (including phenoxy) is 1. The van der Waals surface area contributed by atoms with Gasteiger partial charge in [0.25, 0.3) is 0 Å². The van der Waals surface area contributed by atoms with Crippen LogP contribution in [-0.4, -0.2) is 92.4 Å². The number of piperidine rings is 2.